The molecule has 104 valence electrons. The summed E-state index contributed by atoms with van der Waals surface area (Å²) in [6, 6.07) is 7.03. The number of piperidine rings is 1. The first-order chi connectivity index (χ1) is 9.29. The van der Waals surface area contributed by atoms with E-state index in [1.165, 1.54) is 44.2 Å². The molecule has 1 heterocycles. The largest absolute Gasteiger partial charge is 0.392 e. The molecule has 0 spiro atoms. The van der Waals surface area contributed by atoms with Gasteiger partial charge in [-0.15, -0.1) is 0 Å². The van der Waals surface area contributed by atoms with E-state index >= 15 is 0 Å². The number of aliphatic hydroxyl groups is 1. The maximum atomic E-state index is 9.62. The SMILES string of the molecule is OCc1cc(Br)ccc1N1CCC[C@H]2CCCC[C@H]21. The van der Waals surface area contributed by atoms with Crippen molar-refractivity contribution >= 4 is 21.6 Å². The fourth-order valence-corrected chi connectivity index (χ4v) is 4.29. The van der Waals surface area contributed by atoms with E-state index < -0.39 is 0 Å². The molecule has 1 aromatic carbocycles. The van der Waals surface area contributed by atoms with Crippen LogP contribution >= 0.6 is 15.9 Å². The van der Waals surface area contributed by atoms with Crippen LogP contribution in [0.1, 0.15) is 44.1 Å². The molecule has 1 saturated heterocycles. The van der Waals surface area contributed by atoms with Crippen molar-refractivity contribution in [3.05, 3.63) is 28.2 Å². The Morgan fingerprint density at radius 2 is 1.95 bits per heavy atom. The van der Waals surface area contributed by atoms with Gasteiger partial charge in [0.25, 0.3) is 0 Å². The third kappa shape index (κ3) is 2.68. The Morgan fingerprint density at radius 3 is 2.79 bits per heavy atom. The second-order valence-corrected chi connectivity index (χ2v) is 6.79. The Labute approximate surface area is 123 Å². The molecule has 2 atom stereocenters. The zero-order chi connectivity index (χ0) is 13.2. The average molecular weight is 324 g/mol. The van der Waals surface area contributed by atoms with E-state index in [-0.39, 0.29) is 6.61 Å². The first-order valence-electron chi connectivity index (χ1n) is 7.45. The first-order valence-corrected chi connectivity index (χ1v) is 8.25. The van der Waals surface area contributed by atoms with E-state index in [9.17, 15) is 5.11 Å². The predicted octanol–water partition coefficient (Wildman–Crippen LogP) is 4.10. The molecule has 0 radical (unpaired) electrons. The number of halogens is 1. The Bertz CT molecular complexity index is 446. The molecule has 3 rings (SSSR count). The highest BCUT2D eigenvalue weighted by Crippen LogP contribution is 2.39. The van der Waals surface area contributed by atoms with E-state index in [1.807, 2.05) is 0 Å². The van der Waals surface area contributed by atoms with Gasteiger partial charge in [-0.2, -0.15) is 0 Å². The van der Waals surface area contributed by atoms with Crippen molar-refractivity contribution in [1.82, 2.24) is 0 Å². The fraction of sp³-hybridized carbons (Fsp3) is 0.625. The molecular weight excluding hydrogens is 302 g/mol. The van der Waals surface area contributed by atoms with Gasteiger partial charge in [0.2, 0.25) is 0 Å². The fourth-order valence-electron chi connectivity index (χ4n) is 3.88. The van der Waals surface area contributed by atoms with E-state index in [1.54, 1.807) is 0 Å². The third-order valence-electron chi connectivity index (χ3n) is 4.76. The number of benzene rings is 1. The second-order valence-electron chi connectivity index (χ2n) is 5.88. The van der Waals surface area contributed by atoms with Gasteiger partial charge < -0.3 is 10.0 Å². The molecule has 3 heteroatoms. The summed E-state index contributed by atoms with van der Waals surface area (Å²) in [5.41, 5.74) is 2.31. The topological polar surface area (TPSA) is 23.5 Å². The van der Waals surface area contributed by atoms with Gasteiger partial charge >= 0.3 is 0 Å². The number of aliphatic hydroxyl groups excluding tert-OH is 1. The van der Waals surface area contributed by atoms with Gasteiger partial charge in [0.05, 0.1) is 6.61 Å². The summed E-state index contributed by atoms with van der Waals surface area (Å²) < 4.78 is 1.05. The van der Waals surface area contributed by atoms with Crippen LogP contribution in [0.2, 0.25) is 0 Å². The Balaban J connectivity index is 1.91. The lowest BCUT2D eigenvalue weighted by atomic mass is 9.78. The van der Waals surface area contributed by atoms with Crippen molar-refractivity contribution in [3.63, 3.8) is 0 Å². The van der Waals surface area contributed by atoms with Crippen LogP contribution in [0, 0.1) is 5.92 Å². The van der Waals surface area contributed by atoms with Crippen molar-refractivity contribution in [3.8, 4) is 0 Å². The van der Waals surface area contributed by atoms with Gasteiger partial charge in [0, 0.05) is 28.3 Å². The molecule has 0 bridgehead atoms. The highest BCUT2D eigenvalue weighted by atomic mass is 79.9. The molecule has 1 saturated carbocycles. The van der Waals surface area contributed by atoms with Gasteiger partial charge in [-0.3, -0.25) is 0 Å². The number of nitrogens with zero attached hydrogens (tertiary/aromatic N) is 1. The van der Waals surface area contributed by atoms with Gasteiger partial charge in [-0.1, -0.05) is 28.8 Å². The van der Waals surface area contributed by atoms with Crippen molar-refractivity contribution < 1.29 is 5.11 Å². The van der Waals surface area contributed by atoms with Crippen LogP contribution in [0.5, 0.6) is 0 Å². The van der Waals surface area contributed by atoms with Gasteiger partial charge in [0.15, 0.2) is 0 Å². The van der Waals surface area contributed by atoms with Crippen LogP contribution in [0.3, 0.4) is 0 Å². The molecule has 1 aromatic rings. The zero-order valence-corrected chi connectivity index (χ0v) is 12.9. The Kier molecular flexibility index (Phi) is 4.13. The zero-order valence-electron chi connectivity index (χ0n) is 11.3. The maximum absolute atomic E-state index is 9.62. The van der Waals surface area contributed by atoms with Crippen LogP contribution < -0.4 is 4.90 Å². The summed E-state index contributed by atoms with van der Waals surface area (Å²) in [5, 5.41) is 9.62. The Morgan fingerprint density at radius 1 is 1.16 bits per heavy atom. The lowest BCUT2D eigenvalue weighted by Gasteiger charge is -2.46. The summed E-state index contributed by atoms with van der Waals surface area (Å²) in [7, 11) is 0. The molecule has 2 aliphatic rings. The summed E-state index contributed by atoms with van der Waals surface area (Å²) in [4.78, 5) is 2.57. The normalized spacial score (nSPS) is 27.2. The van der Waals surface area contributed by atoms with Gasteiger partial charge in [-0.05, 0) is 49.8 Å². The van der Waals surface area contributed by atoms with Gasteiger partial charge in [0.1, 0.15) is 0 Å². The molecule has 1 aliphatic carbocycles. The minimum atomic E-state index is 0.128. The van der Waals surface area contributed by atoms with Crippen LogP contribution in [0.4, 0.5) is 5.69 Å². The van der Waals surface area contributed by atoms with Crippen LogP contribution in [-0.4, -0.2) is 17.7 Å². The van der Waals surface area contributed by atoms with Crippen LogP contribution in [0.25, 0.3) is 0 Å². The predicted molar refractivity (Wildman–Crippen MR) is 82.4 cm³/mol. The van der Waals surface area contributed by atoms with Crippen molar-refractivity contribution in [2.75, 3.05) is 11.4 Å². The first kappa shape index (κ1) is 13.4. The molecule has 2 nitrogen and oxygen atoms in total. The van der Waals surface area contributed by atoms with E-state index in [0.29, 0.717) is 6.04 Å². The highest BCUT2D eigenvalue weighted by Gasteiger charge is 2.33. The van der Waals surface area contributed by atoms with E-state index in [2.05, 4.69) is 39.0 Å². The molecule has 19 heavy (non-hydrogen) atoms. The summed E-state index contributed by atoms with van der Waals surface area (Å²) >= 11 is 3.50. The monoisotopic (exact) mass is 323 g/mol. The smallest absolute Gasteiger partial charge is 0.0702 e. The lowest BCUT2D eigenvalue weighted by molar-refractivity contribution is 0.241. The quantitative estimate of drug-likeness (QED) is 0.885. The lowest BCUT2D eigenvalue weighted by Crippen LogP contribution is -2.47. The highest BCUT2D eigenvalue weighted by molar-refractivity contribution is 9.10. The Hall–Kier alpha value is -0.540. The van der Waals surface area contributed by atoms with Crippen LogP contribution in [-0.2, 0) is 6.61 Å². The van der Waals surface area contributed by atoms with E-state index in [0.717, 1.165) is 22.5 Å². The number of hydrogen-bond donors (Lipinski definition) is 1. The third-order valence-corrected chi connectivity index (χ3v) is 5.26. The van der Waals surface area contributed by atoms with Gasteiger partial charge in [-0.25, -0.2) is 0 Å². The molecule has 1 N–H and O–H groups in total. The second kappa shape index (κ2) is 5.84. The van der Waals surface area contributed by atoms with Crippen molar-refractivity contribution in [1.29, 1.82) is 0 Å². The maximum Gasteiger partial charge on any atom is 0.0702 e. The molecule has 2 fully saturated rings. The minimum Gasteiger partial charge on any atom is -0.392 e. The molecule has 0 amide bonds. The van der Waals surface area contributed by atoms with Crippen LogP contribution in [0.15, 0.2) is 22.7 Å². The summed E-state index contributed by atoms with van der Waals surface area (Å²) in [6.07, 6.45) is 8.18. The number of hydrogen-bond acceptors (Lipinski definition) is 2. The minimum absolute atomic E-state index is 0.128. The number of fused-ring (bicyclic) bond motifs is 1. The van der Waals surface area contributed by atoms with Crippen molar-refractivity contribution in [2.45, 2.75) is 51.2 Å². The summed E-state index contributed by atoms with van der Waals surface area (Å²) in [5.74, 6) is 0.873. The molecule has 0 unspecified atom stereocenters. The molecule has 0 aromatic heterocycles. The number of anilines is 1. The molecular formula is C16H22BrNO. The summed E-state index contributed by atoms with van der Waals surface area (Å²) in [6.45, 7) is 1.28. The standard InChI is InChI=1S/C16H22BrNO/c17-14-7-8-16(13(10-14)11-19)18-9-3-5-12-4-1-2-6-15(12)18/h7-8,10,12,15,19H,1-6,9,11H2/t12-,15-/m1/s1. The average Bonchev–Trinajstić information content (AvgIpc) is 2.46. The number of rotatable bonds is 2. The van der Waals surface area contributed by atoms with Crippen molar-refractivity contribution in [2.24, 2.45) is 5.92 Å². The molecule has 1 aliphatic heterocycles. The van der Waals surface area contributed by atoms with E-state index in [4.69, 9.17) is 0 Å².